The van der Waals surface area contributed by atoms with Gasteiger partial charge in [0, 0.05) is 6.42 Å². The first kappa shape index (κ1) is 14.3. The summed E-state index contributed by atoms with van der Waals surface area (Å²) in [5.41, 5.74) is 6.05. The number of ketones is 1. The molecule has 0 saturated carbocycles. The number of Topliss-reactive ketones (excluding diaryl/α,β-unsaturated/α-hetero) is 1. The first-order chi connectivity index (χ1) is 8.40. The van der Waals surface area contributed by atoms with Crippen molar-refractivity contribution in [2.45, 2.75) is 32.4 Å². The van der Waals surface area contributed by atoms with Crippen molar-refractivity contribution in [3.8, 4) is 0 Å². The largest absolute Gasteiger partial charge is 0.457 e. The van der Waals surface area contributed by atoms with Crippen molar-refractivity contribution in [3.05, 3.63) is 35.6 Å². The van der Waals surface area contributed by atoms with E-state index in [9.17, 15) is 14.0 Å². The minimum Gasteiger partial charge on any atom is -0.457 e. The van der Waals surface area contributed by atoms with Gasteiger partial charge in [-0.25, -0.2) is 4.39 Å². The molecule has 0 aliphatic rings. The molecule has 2 atom stereocenters. The molecule has 4 nitrogen and oxygen atoms in total. The maximum absolute atomic E-state index is 13.0. The maximum atomic E-state index is 13.0. The molecule has 0 amide bonds. The normalized spacial score (nSPS) is 13.8. The van der Waals surface area contributed by atoms with Crippen molar-refractivity contribution in [2.75, 3.05) is 0 Å². The number of halogens is 1. The van der Waals surface area contributed by atoms with E-state index in [0.29, 0.717) is 5.56 Å². The van der Waals surface area contributed by atoms with Gasteiger partial charge in [-0.1, -0.05) is 12.1 Å². The summed E-state index contributed by atoms with van der Waals surface area (Å²) in [5, 5.41) is 0. The van der Waals surface area contributed by atoms with Crippen molar-refractivity contribution < 1.29 is 18.7 Å². The minimum absolute atomic E-state index is 0.0608. The summed E-state index contributed by atoms with van der Waals surface area (Å²) in [7, 11) is 0. The number of carbonyl (C=O) groups excluding carboxylic acids is 2. The molecule has 2 N–H and O–H groups in total. The van der Waals surface area contributed by atoms with E-state index in [1.165, 1.54) is 25.1 Å². The van der Waals surface area contributed by atoms with Crippen LogP contribution in [0.1, 0.15) is 31.9 Å². The van der Waals surface area contributed by atoms with Gasteiger partial charge in [-0.2, -0.15) is 0 Å². The van der Waals surface area contributed by atoms with E-state index in [2.05, 4.69) is 0 Å². The molecule has 0 bridgehead atoms. The van der Waals surface area contributed by atoms with Crippen LogP contribution in [0.5, 0.6) is 0 Å². The summed E-state index contributed by atoms with van der Waals surface area (Å²) in [6, 6.07) is 4.80. The zero-order valence-corrected chi connectivity index (χ0v) is 10.4. The lowest BCUT2D eigenvalue weighted by Gasteiger charge is -2.16. The number of carbonyl (C=O) groups is 2. The third kappa shape index (κ3) is 4.25. The summed E-state index contributed by atoms with van der Waals surface area (Å²) in [5.74, 6) is -1.25. The number of rotatable bonds is 5. The van der Waals surface area contributed by atoms with Crippen molar-refractivity contribution in [2.24, 2.45) is 5.73 Å². The molecule has 0 saturated heterocycles. The lowest BCUT2D eigenvalue weighted by Crippen LogP contribution is -2.34. The van der Waals surface area contributed by atoms with Gasteiger partial charge in [-0.15, -0.1) is 0 Å². The lowest BCUT2D eigenvalue weighted by molar-refractivity contribution is -0.151. The maximum Gasteiger partial charge on any atom is 0.323 e. The second-order valence-electron chi connectivity index (χ2n) is 4.15. The third-order valence-corrected chi connectivity index (χ3v) is 2.42. The van der Waals surface area contributed by atoms with Gasteiger partial charge in [0.2, 0.25) is 0 Å². The van der Waals surface area contributed by atoms with Crippen LogP contribution in [0.4, 0.5) is 4.39 Å². The second kappa shape index (κ2) is 6.26. The zero-order valence-electron chi connectivity index (χ0n) is 10.4. The van der Waals surface area contributed by atoms with Crippen LogP contribution in [-0.2, 0) is 14.3 Å². The van der Waals surface area contributed by atoms with Crippen LogP contribution in [0, 0.1) is 5.82 Å². The van der Waals surface area contributed by atoms with Gasteiger partial charge in [0.25, 0.3) is 0 Å². The van der Waals surface area contributed by atoms with Gasteiger partial charge in [0.05, 0.1) is 0 Å². The molecule has 18 heavy (non-hydrogen) atoms. The van der Waals surface area contributed by atoms with Crippen molar-refractivity contribution in [3.63, 3.8) is 0 Å². The number of hydrogen-bond acceptors (Lipinski definition) is 4. The molecule has 0 aliphatic heterocycles. The topological polar surface area (TPSA) is 69.4 Å². The molecule has 1 rings (SSSR count). The quantitative estimate of drug-likeness (QED) is 0.811. The standard InChI is InChI=1S/C13H16FNO3/c1-8(16)6-12(15)13(17)18-9(2)10-4-3-5-11(14)7-10/h3-5,7,9,12H,6,15H2,1-2H3. The van der Waals surface area contributed by atoms with Crippen LogP contribution >= 0.6 is 0 Å². The minimum atomic E-state index is -0.974. The van der Waals surface area contributed by atoms with Gasteiger partial charge in [0.1, 0.15) is 23.7 Å². The molecule has 2 unspecified atom stereocenters. The number of hydrogen-bond donors (Lipinski definition) is 1. The van der Waals surface area contributed by atoms with Crippen molar-refractivity contribution in [1.82, 2.24) is 0 Å². The molecule has 0 aliphatic carbocycles. The number of ether oxygens (including phenoxy) is 1. The zero-order chi connectivity index (χ0) is 13.7. The SMILES string of the molecule is CC(=O)CC(N)C(=O)OC(C)c1cccc(F)c1. The Bertz CT molecular complexity index is 448. The average Bonchev–Trinajstić information content (AvgIpc) is 2.27. The average molecular weight is 253 g/mol. The molecule has 0 spiro atoms. The monoisotopic (exact) mass is 253 g/mol. The molecule has 5 heteroatoms. The molecule has 98 valence electrons. The summed E-state index contributed by atoms with van der Waals surface area (Å²) >= 11 is 0. The summed E-state index contributed by atoms with van der Waals surface area (Å²) in [6.07, 6.45) is -0.666. The van der Waals surface area contributed by atoms with Gasteiger partial charge in [-0.3, -0.25) is 9.59 Å². The van der Waals surface area contributed by atoms with Gasteiger partial charge in [-0.05, 0) is 31.5 Å². The fourth-order valence-electron chi connectivity index (χ4n) is 1.48. The van der Waals surface area contributed by atoms with Crippen molar-refractivity contribution in [1.29, 1.82) is 0 Å². The highest BCUT2D eigenvalue weighted by atomic mass is 19.1. The summed E-state index contributed by atoms with van der Waals surface area (Å²) in [6.45, 7) is 2.97. The van der Waals surface area contributed by atoms with Crippen LogP contribution in [0.15, 0.2) is 24.3 Å². The van der Waals surface area contributed by atoms with E-state index in [1.54, 1.807) is 13.0 Å². The Hall–Kier alpha value is -1.75. The highest BCUT2D eigenvalue weighted by molar-refractivity contribution is 5.85. The van der Waals surface area contributed by atoms with Crippen LogP contribution in [0.2, 0.25) is 0 Å². The Morgan fingerprint density at radius 3 is 2.67 bits per heavy atom. The molecule has 0 radical (unpaired) electrons. The molecular weight excluding hydrogens is 237 g/mol. The van der Waals surface area contributed by atoms with Crippen LogP contribution in [-0.4, -0.2) is 17.8 Å². The number of nitrogens with two attached hydrogens (primary N) is 1. The fourth-order valence-corrected chi connectivity index (χ4v) is 1.48. The first-order valence-corrected chi connectivity index (χ1v) is 5.61. The molecule has 0 fully saturated rings. The lowest BCUT2D eigenvalue weighted by atomic mass is 10.1. The van der Waals surface area contributed by atoms with Crippen LogP contribution in [0.3, 0.4) is 0 Å². The van der Waals surface area contributed by atoms with Crippen LogP contribution < -0.4 is 5.73 Å². The van der Waals surface area contributed by atoms with E-state index < -0.39 is 23.9 Å². The Morgan fingerprint density at radius 2 is 2.11 bits per heavy atom. The van der Waals surface area contributed by atoms with E-state index in [-0.39, 0.29) is 12.2 Å². The predicted molar refractivity (Wildman–Crippen MR) is 64.2 cm³/mol. The first-order valence-electron chi connectivity index (χ1n) is 5.61. The van der Waals surface area contributed by atoms with E-state index in [1.807, 2.05) is 0 Å². The molecular formula is C13H16FNO3. The van der Waals surface area contributed by atoms with E-state index >= 15 is 0 Å². The van der Waals surface area contributed by atoms with E-state index in [0.717, 1.165) is 0 Å². The van der Waals surface area contributed by atoms with Gasteiger partial charge < -0.3 is 10.5 Å². The van der Waals surface area contributed by atoms with Gasteiger partial charge >= 0.3 is 5.97 Å². The Morgan fingerprint density at radius 1 is 1.44 bits per heavy atom. The molecule has 1 aromatic rings. The predicted octanol–water partition coefficient (Wildman–Crippen LogP) is 1.74. The number of benzene rings is 1. The highest BCUT2D eigenvalue weighted by Gasteiger charge is 2.20. The smallest absolute Gasteiger partial charge is 0.323 e. The third-order valence-electron chi connectivity index (χ3n) is 2.42. The summed E-state index contributed by atoms with van der Waals surface area (Å²) < 4.78 is 18.1. The highest BCUT2D eigenvalue weighted by Crippen LogP contribution is 2.18. The van der Waals surface area contributed by atoms with E-state index in [4.69, 9.17) is 10.5 Å². The molecule has 0 heterocycles. The summed E-state index contributed by atoms with van der Waals surface area (Å²) in [4.78, 5) is 22.4. The second-order valence-corrected chi connectivity index (χ2v) is 4.15. The number of esters is 1. The Balaban J connectivity index is 2.62. The Labute approximate surface area is 105 Å². The Kier molecular flexibility index (Phi) is 4.97. The molecule has 0 aromatic heterocycles. The fraction of sp³-hybridized carbons (Fsp3) is 0.385. The van der Waals surface area contributed by atoms with Gasteiger partial charge in [0.15, 0.2) is 0 Å². The van der Waals surface area contributed by atoms with Crippen LogP contribution in [0.25, 0.3) is 0 Å². The molecule has 1 aromatic carbocycles. The van der Waals surface area contributed by atoms with Crippen molar-refractivity contribution >= 4 is 11.8 Å².